The fourth-order valence-electron chi connectivity index (χ4n) is 2.28. The van der Waals surface area contributed by atoms with Gasteiger partial charge in [-0.15, -0.1) is 0 Å². The standard InChI is InChI=1S/C22H23N3O6/c1-22(2,3)31-21(27)24-19(20(26)30-15-16-8-5-4-6-9-16)11-7-10-17-12-13-18(14-23-17)25(28)29/h4-6,8-9,12-14,19H,11,15H2,1-3H3,(H,24,27)/t19-/m0/s1. The highest BCUT2D eigenvalue weighted by molar-refractivity contribution is 5.81. The first-order valence-electron chi connectivity index (χ1n) is 9.43. The zero-order valence-electron chi connectivity index (χ0n) is 17.5. The molecule has 0 aliphatic heterocycles. The molecule has 0 unspecified atom stereocenters. The molecular formula is C22H23N3O6. The first kappa shape index (κ1) is 23.3. The lowest BCUT2D eigenvalue weighted by atomic mass is 10.2. The fourth-order valence-corrected chi connectivity index (χ4v) is 2.28. The number of pyridine rings is 1. The van der Waals surface area contributed by atoms with Crippen LogP contribution in [0.3, 0.4) is 0 Å². The monoisotopic (exact) mass is 425 g/mol. The molecule has 9 heteroatoms. The zero-order chi connectivity index (χ0) is 22.9. The van der Waals surface area contributed by atoms with Crippen LogP contribution in [0.15, 0.2) is 48.7 Å². The molecule has 9 nitrogen and oxygen atoms in total. The molecule has 0 saturated heterocycles. The number of rotatable bonds is 6. The van der Waals surface area contributed by atoms with Crippen molar-refractivity contribution in [2.45, 2.75) is 45.4 Å². The summed E-state index contributed by atoms with van der Waals surface area (Å²) in [6.45, 7) is 5.16. The SMILES string of the molecule is CC(C)(C)OC(=O)N[C@@H](CC#Cc1ccc([N+](=O)[O-])cn1)C(=O)OCc1ccccc1. The average Bonchev–Trinajstić information content (AvgIpc) is 2.71. The van der Waals surface area contributed by atoms with Gasteiger partial charge in [0.15, 0.2) is 0 Å². The van der Waals surface area contributed by atoms with E-state index < -0.39 is 28.6 Å². The maximum Gasteiger partial charge on any atom is 0.408 e. The number of ether oxygens (including phenoxy) is 2. The van der Waals surface area contributed by atoms with E-state index in [-0.39, 0.29) is 18.7 Å². The number of esters is 1. The number of hydrogen-bond donors (Lipinski definition) is 1. The Bertz CT molecular complexity index is 972. The van der Waals surface area contributed by atoms with Gasteiger partial charge in [0, 0.05) is 12.5 Å². The van der Waals surface area contributed by atoms with Gasteiger partial charge < -0.3 is 14.8 Å². The van der Waals surface area contributed by atoms with Gasteiger partial charge in [0.25, 0.3) is 5.69 Å². The Morgan fingerprint density at radius 2 is 1.90 bits per heavy atom. The molecule has 2 aromatic rings. The van der Waals surface area contributed by atoms with Crippen molar-refractivity contribution in [1.29, 1.82) is 0 Å². The number of alkyl carbamates (subject to hydrolysis) is 1. The molecule has 0 aliphatic carbocycles. The van der Waals surface area contributed by atoms with E-state index in [2.05, 4.69) is 22.1 Å². The molecule has 1 aromatic heterocycles. The molecular weight excluding hydrogens is 402 g/mol. The van der Waals surface area contributed by atoms with E-state index in [1.165, 1.54) is 12.1 Å². The Hall–Kier alpha value is -3.93. The average molecular weight is 425 g/mol. The molecule has 162 valence electrons. The summed E-state index contributed by atoms with van der Waals surface area (Å²) in [5, 5.41) is 13.2. The summed E-state index contributed by atoms with van der Waals surface area (Å²) in [6.07, 6.45) is 0.254. The minimum atomic E-state index is -1.07. The summed E-state index contributed by atoms with van der Waals surface area (Å²) in [5.41, 5.74) is 0.198. The van der Waals surface area contributed by atoms with Gasteiger partial charge in [0.2, 0.25) is 0 Å². The third-order valence-corrected chi connectivity index (χ3v) is 3.68. The number of benzene rings is 1. The fraction of sp³-hybridized carbons (Fsp3) is 0.318. The summed E-state index contributed by atoms with van der Waals surface area (Å²) < 4.78 is 10.5. The predicted molar refractivity (Wildman–Crippen MR) is 112 cm³/mol. The van der Waals surface area contributed by atoms with E-state index >= 15 is 0 Å². The van der Waals surface area contributed by atoms with E-state index in [1.54, 1.807) is 20.8 Å². The van der Waals surface area contributed by atoms with Crippen LogP contribution in [-0.2, 0) is 20.9 Å². The molecule has 0 bridgehead atoms. The molecule has 2 rings (SSSR count). The van der Waals surface area contributed by atoms with Gasteiger partial charge in [-0.2, -0.15) is 0 Å². The van der Waals surface area contributed by atoms with Crippen LogP contribution in [0.5, 0.6) is 0 Å². The van der Waals surface area contributed by atoms with Crippen LogP contribution < -0.4 is 5.32 Å². The summed E-state index contributed by atoms with van der Waals surface area (Å²) >= 11 is 0. The third kappa shape index (κ3) is 8.53. The smallest absolute Gasteiger partial charge is 0.408 e. The molecule has 0 radical (unpaired) electrons. The Kier molecular flexibility index (Phi) is 8.09. The minimum absolute atomic E-state index is 0.0451. The van der Waals surface area contributed by atoms with Gasteiger partial charge in [-0.25, -0.2) is 14.6 Å². The maximum absolute atomic E-state index is 12.5. The van der Waals surface area contributed by atoms with Crippen molar-refractivity contribution in [3.05, 3.63) is 70.0 Å². The highest BCUT2D eigenvalue weighted by Crippen LogP contribution is 2.10. The molecule has 1 N–H and O–H groups in total. The Balaban J connectivity index is 2.06. The minimum Gasteiger partial charge on any atom is -0.459 e. The second kappa shape index (κ2) is 10.7. The molecule has 1 atom stereocenters. The quantitative estimate of drug-likeness (QED) is 0.326. The number of amides is 1. The van der Waals surface area contributed by atoms with Crippen molar-refractivity contribution in [1.82, 2.24) is 10.3 Å². The summed E-state index contributed by atoms with van der Waals surface area (Å²) in [7, 11) is 0. The summed E-state index contributed by atoms with van der Waals surface area (Å²) in [6, 6.07) is 10.7. The molecule has 0 saturated carbocycles. The number of nitro groups is 1. The lowest BCUT2D eigenvalue weighted by Crippen LogP contribution is -2.44. The van der Waals surface area contributed by atoms with Crippen LogP contribution in [0.4, 0.5) is 10.5 Å². The van der Waals surface area contributed by atoms with Crippen molar-refractivity contribution in [2.24, 2.45) is 0 Å². The van der Waals surface area contributed by atoms with E-state index in [9.17, 15) is 19.7 Å². The summed E-state index contributed by atoms with van der Waals surface area (Å²) in [5.74, 6) is 4.79. The Morgan fingerprint density at radius 1 is 1.19 bits per heavy atom. The van der Waals surface area contributed by atoms with Crippen LogP contribution in [0.25, 0.3) is 0 Å². The number of carbonyl (C=O) groups excluding carboxylic acids is 2. The molecule has 1 heterocycles. The third-order valence-electron chi connectivity index (χ3n) is 3.68. The second-order valence-corrected chi connectivity index (χ2v) is 7.46. The Labute approximate surface area is 179 Å². The molecule has 0 fully saturated rings. The van der Waals surface area contributed by atoms with Gasteiger partial charge in [-0.3, -0.25) is 10.1 Å². The predicted octanol–water partition coefficient (Wildman–Crippen LogP) is 3.37. The van der Waals surface area contributed by atoms with Crippen LogP contribution in [0.2, 0.25) is 0 Å². The molecule has 1 amide bonds. The Morgan fingerprint density at radius 3 is 2.48 bits per heavy atom. The molecule has 0 aliphatic rings. The molecule has 31 heavy (non-hydrogen) atoms. The van der Waals surface area contributed by atoms with Crippen molar-refractivity contribution < 1.29 is 24.0 Å². The van der Waals surface area contributed by atoms with Crippen LogP contribution >= 0.6 is 0 Å². The molecule has 1 aromatic carbocycles. The first-order chi connectivity index (χ1) is 14.6. The highest BCUT2D eigenvalue weighted by Gasteiger charge is 2.25. The van der Waals surface area contributed by atoms with Crippen LogP contribution in [0.1, 0.15) is 38.4 Å². The van der Waals surface area contributed by atoms with Gasteiger partial charge in [-0.05, 0) is 38.3 Å². The van der Waals surface area contributed by atoms with Crippen molar-refractivity contribution >= 4 is 17.7 Å². The van der Waals surface area contributed by atoms with Crippen LogP contribution in [-0.4, -0.2) is 33.6 Å². The number of aromatic nitrogens is 1. The normalized spacial score (nSPS) is 11.5. The van der Waals surface area contributed by atoms with Crippen LogP contribution in [0, 0.1) is 22.0 Å². The number of nitrogens with one attached hydrogen (secondary N) is 1. The maximum atomic E-state index is 12.5. The van der Waals surface area contributed by atoms with E-state index in [0.717, 1.165) is 11.8 Å². The van der Waals surface area contributed by atoms with E-state index in [4.69, 9.17) is 9.47 Å². The summed E-state index contributed by atoms with van der Waals surface area (Å²) in [4.78, 5) is 38.6. The lowest BCUT2D eigenvalue weighted by molar-refractivity contribution is -0.385. The van der Waals surface area contributed by atoms with Crippen molar-refractivity contribution in [3.63, 3.8) is 0 Å². The van der Waals surface area contributed by atoms with Crippen molar-refractivity contribution in [3.8, 4) is 11.8 Å². The lowest BCUT2D eigenvalue weighted by Gasteiger charge is -2.22. The topological polar surface area (TPSA) is 121 Å². The molecule has 0 spiro atoms. The zero-order valence-corrected chi connectivity index (χ0v) is 17.5. The second-order valence-electron chi connectivity index (χ2n) is 7.46. The largest absolute Gasteiger partial charge is 0.459 e. The van der Waals surface area contributed by atoms with Crippen molar-refractivity contribution in [2.75, 3.05) is 0 Å². The van der Waals surface area contributed by atoms with Gasteiger partial charge in [-0.1, -0.05) is 36.3 Å². The van der Waals surface area contributed by atoms with E-state index in [1.807, 2.05) is 30.3 Å². The first-order valence-corrected chi connectivity index (χ1v) is 9.43. The van der Waals surface area contributed by atoms with Gasteiger partial charge in [0.1, 0.15) is 30.1 Å². The highest BCUT2D eigenvalue weighted by atomic mass is 16.6. The number of nitrogens with zero attached hydrogens (tertiary/aromatic N) is 2. The van der Waals surface area contributed by atoms with Gasteiger partial charge in [0.05, 0.1) is 4.92 Å². The number of carbonyl (C=O) groups is 2. The van der Waals surface area contributed by atoms with Gasteiger partial charge >= 0.3 is 12.1 Å². The van der Waals surface area contributed by atoms with E-state index in [0.29, 0.717) is 5.69 Å². The number of hydrogen-bond acceptors (Lipinski definition) is 7.